The average molecular weight is 166 g/mol. The minimum atomic E-state index is 0.195. The number of nitrogens with one attached hydrogen (secondary N) is 2. The van der Waals surface area contributed by atoms with Gasteiger partial charge in [-0.25, -0.2) is 0 Å². The molecular formula is C6H6N4S. The molecule has 0 fully saturated rings. The van der Waals surface area contributed by atoms with Crippen LogP contribution >= 0.6 is 11.9 Å². The molecule has 0 aromatic carbocycles. The number of nitrogens with zero attached hydrogens (tertiary/aromatic N) is 2. The Morgan fingerprint density at radius 1 is 1.55 bits per heavy atom. The normalized spacial score (nSPS) is 9.09. The van der Waals surface area contributed by atoms with Crippen molar-refractivity contribution in [2.75, 3.05) is 0 Å². The zero-order chi connectivity index (χ0) is 8.10. The summed E-state index contributed by atoms with van der Waals surface area (Å²) in [5.74, 6) is 0. The van der Waals surface area contributed by atoms with Gasteiger partial charge in [-0.05, 0) is 12.1 Å². The van der Waals surface area contributed by atoms with Crippen LogP contribution in [0, 0.1) is 10.9 Å². The molecule has 4 nitrogen and oxygen atoms in total. The predicted octanol–water partition coefficient (Wildman–Crippen LogP) is 2.09. The highest BCUT2D eigenvalue weighted by molar-refractivity contribution is 8.13. The highest BCUT2D eigenvalue weighted by Crippen LogP contribution is 2.09. The molecule has 0 spiro atoms. The van der Waals surface area contributed by atoms with Crippen LogP contribution in [0.4, 0.5) is 0 Å². The van der Waals surface area contributed by atoms with Crippen molar-refractivity contribution in [2.24, 2.45) is 4.52 Å². The van der Waals surface area contributed by atoms with Gasteiger partial charge in [0.05, 0.1) is 17.6 Å². The number of hydrogen-bond acceptors (Lipinski definition) is 5. The molecule has 0 aliphatic heterocycles. The third kappa shape index (κ3) is 2.12. The molecule has 1 rings (SSSR count). The molecule has 1 aromatic rings. The molecule has 0 saturated carbocycles. The average Bonchev–Trinajstić information content (AvgIpc) is 2.07. The number of hydrogen-bond donors (Lipinski definition) is 2. The lowest BCUT2D eigenvalue weighted by Crippen LogP contribution is -1.93. The molecule has 11 heavy (non-hydrogen) atoms. The van der Waals surface area contributed by atoms with Gasteiger partial charge in [-0.15, -0.1) is 4.52 Å². The maximum absolute atomic E-state index is 7.32. The molecule has 5 heteroatoms. The van der Waals surface area contributed by atoms with Crippen LogP contribution in [-0.2, 0) is 0 Å². The Morgan fingerprint density at radius 3 is 2.91 bits per heavy atom. The van der Waals surface area contributed by atoms with E-state index in [1.807, 2.05) is 0 Å². The van der Waals surface area contributed by atoms with E-state index in [4.69, 9.17) is 10.9 Å². The third-order valence-corrected chi connectivity index (χ3v) is 1.52. The van der Waals surface area contributed by atoms with Crippen LogP contribution in [0.15, 0.2) is 28.9 Å². The van der Waals surface area contributed by atoms with Gasteiger partial charge in [-0.3, -0.25) is 10.4 Å². The highest BCUT2D eigenvalue weighted by atomic mass is 32.2. The van der Waals surface area contributed by atoms with E-state index in [0.717, 1.165) is 11.9 Å². The fraction of sp³-hybridized carbons (Fsp3) is 0. The minimum absolute atomic E-state index is 0.195. The van der Waals surface area contributed by atoms with E-state index in [-0.39, 0.29) is 5.04 Å². The molecule has 0 saturated heterocycles. The molecule has 0 aliphatic carbocycles. The van der Waals surface area contributed by atoms with Gasteiger partial charge in [0.2, 0.25) is 0 Å². The van der Waals surface area contributed by atoms with Crippen molar-refractivity contribution in [2.45, 2.75) is 0 Å². The van der Waals surface area contributed by atoms with Crippen molar-refractivity contribution >= 4 is 17.0 Å². The van der Waals surface area contributed by atoms with E-state index in [9.17, 15) is 0 Å². The molecule has 0 atom stereocenters. The fourth-order valence-electron chi connectivity index (χ4n) is 0.589. The van der Waals surface area contributed by atoms with Crippen LogP contribution in [0.1, 0.15) is 5.69 Å². The van der Waals surface area contributed by atoms with Gasteiger partial charge in [-0.1, -0.05) is 6.07 Å². The summed E-state index contributed by atoms with van der Waals surface area (Å²) in [6.07, 6.45) is 1.61. The van der Waals surface area contributed by atoms with Gasteiger partial charge in [0.1, 0.15) is 5.04 Å². The second-order valence-corrected chi connectivity index (χ2v) is 2.50. The lowest BCUT2D eigenvalue weighted by molar-refractivity contribution is 1.25. The van der Waals surface area contributed by atoms with E-state index < -0.39 is 0 Å². The van der Waals surface area contributed by atoms with Crippen molar-refractivity contribution in [1.82, 2.24) is 4.98 Å². The Morgan fingerprint density at radius 2 is 2.36 bits per heavy atom. The quantitative estimate of drug-likeness (QED) is 0.305. The van der Waals surface area contributed by atoms with Crippen LogP contribution in [0.3, 0.4) is 0 Å². The first-order chi connectivity index (χ1) is 5.34. The SMILES string of the molecule is N=NSC(=N)c1ccccn1. The van der Waals surface area contributed by atoms with Crippen molar-refractivity contribution in [3.63, 3.8) is 0 Å². The van der Waals surface area contributed by atoms with E-state index in [1.54, 1.807) is 24.4 Å². The molecule has 1 aromatic heterocycles. The maximum Gasteiger partial charge on any atom is 0.138 e. The molecule has 56 valence electrons. The number of pyridine rings is 1. The number of rotatable bonds is 2. The van der Waals surface area contributed by atoms with E-state index in [2.05, 4.69) is 9.50 Å². The molecule has 0 unspecified atom stereocenters. The monoisotopic (exact) mass is 166 g/mol. The zero-order valence-corrected chi connectivity index (χ0v) is 6.43. The molecule has 2 N–H and O–H groups in total. The van der Waals surface area contributed by atoms with Gasteiger partial charge in [-0.2, -0.15) is 5.53 Å². The Bertz CT molecular complexity index is 259. The third-order valence-electron chi connectivity index (χ3n) is 1.03. The second-order valence-electron chi connectivity index (χ2n) is 1.73. The summed E-state index contributed by atoms with van der Waals surface area (Å²) in [7, 11) is 0. The van der Waals surface area contributed by atoms with Crippen molar-refractivity contribution in [3.05, 3.63) is 30.1 Å². The van der Waals surface area contributed by atoms with Crippen LogP contribution < -0.4 is 0 Å². The second kappa shape index (κ2) is 3.82. The van der Waals surface area contributed by atoms with E-state index in [1.165, 1.54) is 0 Å². The van der Waals surface area contributed by atoms with Gasteiger partial charge in [0, 0.05) is 6.20 Å². The van der Waals surface area contributed by atoms with E-state index in [0.29, 0.717) is 5.69 Å². The summed E-state index contributed by atoms with van der Waals surface area (Å²) in [4.78, 5) is 3.91. The van der Waals surface area contributed by atoms with Crippen LogP contribution in [-0.4, -0.2) is 10.0 Å². The Kier molecular flexibility index (Phi) is 2.74. The summed E-state index contributed by atoms with van der Waals surface area (Å²) in [6.45, 7) is 0. The van der Waals surface area contributed by atoms with Crippen molar-refractivity contribution < 1.29 is 0 Å². The Labute approximate surface area is 68.2 Å². The standard InChI is InChI=1S/C6H6N4S/c7-6(11-10-8)5-3-1-2-4-9-5/h1-4,7-8H. The lowest BCUT2D eigenvalue weighted by atomic mass is 10.4. The first-order valence-electron chi connectivity index (χ1n) is 2.88. The summed E-state index contributed by atoms with van der Waals surface area (Å²) < 4.78 is 3.01. The first-order valence-corrected chi connectivity index (χ1v) is 3.65. The molecule has 0 aliphatic rings. The van der Waals surface area contributed by atoms with Crippen molar-refractivity contribution in [3.8, 4) is 0 Å². The van der Waals surface area contributed by atoms with Crippen LogP contribution in [0.2, 0.25) is 0 Å². The fourth-order valence-corrected chi connectivity index (χ4v) is 0.895. The topological polar surface area (TPSA) is 73.0 Å². The van der Waals surface area contributed by atoms with Gasteiger partial charge in [0.25, 0.3) is 0 Å². The summed E-state index contributed by atoms with van der Waals surface area (Å²) >= 11 is 0.797. The highest BCUT2D eigenvalue weighted by Gasteiger charge is 2.00. The largest absolute Gasteiger partial charge is 0.290 e. The molecule has 1 heterocycles. The summed E-state index contributed by atoms with van der Waals surface area (Å²) in [5.41, 5.74) is 7.05. The molecular weight excluding hydrogens is 160 g/mol. The summed E-state index contributed by atoms with van der Waals surface area (Å²) in [6, 6.07) is 5.28. The Balaban J connectivity index is 2.77. The molecule has 0 radical (unpaired) electrons. The van der Waals surface area contributed by atoms with Crippen LogP contribution in [0.5, 0.6) is 0 Å². The maximum atomic E-state index is 7.32. The van der Waals surface area contributed by atoms with Crippen LogP contribution in [0.25, 0.3) is 0 Å². The van der Waals surface area contributed by atoms with E-state index >= 15 is 0 Å². The smallest absolute Gasteiger partial charge is 0.138 e. The Hall–Kier alpha value is -1.23. The van der Waals surface area contributed by atoms with Gasteiger partial charge < -0.3 is 0 Å². The molecule has 0 bridgehead atoms. The zero-order valence-electron chi connectivity index (χ0n) is 5.61. The van der Waals surface area contributed by atoms with Gasteiger partial charge in [0.15, 0.2) is 0 Å². The van der Waals surface area contributed by atoms with Crippen molar-refractivity contribution in [1.29, 1.82) is 10.9 Å². The minimum Gasteiger partial charge on any atom is -0.290 e. The summed E-state index contributed by atoms with van der Waals surface area (Å²) in [5, 5.41) is 7.51. The number of aromatic nitrogens is 1. The molecule has 0 amide bonds. The first kappa shape index (κ1) is 7.87. The van der Waals surface area contributed by atoms with Gasteiger partial charge >= 0.3 is 0 Å². The lowest BCUT2D eigenvalue weighted by Gasteiger charge is -1.94. The predicted molar refractivity (Wildman–Crippen MR) is 43.8 cm³/mol.